The van der Waals surface area contributed by atoms with Crippen LogP contribution in [0.1, 0.15) is 18.6 Å². The minimum Gasteiger partial charge on any atom is -0.451 e. The van der Waals surface area contributed by atoms with Gasteiger partial charge in [-0.25, -0.2) is 8.78 Å². The number of aliphatic hydroxyl groups is 1. The highest BCUT2D eigenvalue weighted by Gasteiger charge is 2.16. The number of rotatable bonds is 3. The van der Waals surface area contributed by atoms with Gasteiger partial charge in [-0.1, -0.05) is 28.1 Å². The summed E-state index contributed by atoms with van der Waals surface area (Å²) in [6.07, 6.45) is -0.913. The van der Waals surface area contributed by atoms with Gasteiger partial charge >= 0.3 is 0 Å². The Morgan fingerprint density at radius 2 is 1.89 bits per heavy atom. The molecule has 0 aliphatic rings. The highest BCUT2D eigenvalue weighted by molar-refractivity contribution is 9.10. The van der Waals surface area contributed by atoms with Crippen LogP contribution in [0.5, 0.6) is 11.5 Å². The molecule has 19 heavy (non-hydrogen) atoms. The van der Waals surface area contributed by atoms with Gasteiger partial charge in [-0.15, -0.1) is 0 Å². The van der Waals surface area contributed by atoms with E-state index in [2.05, 4.69) is 15.9 Å². The smallest absolute Gasteiger partial charge is 0.168 e. The summed E-state index contributed by atoms with van der Waals surface area (Å²) in [7, 11) is 0. The predicted octanol–water partition coefficient (Wildman–Crippen LogP) is 4.57. The van der Waals surface area contributed by atoms with E-state index in [1.165, 1.54) is 37.3 Å². The first-order valence-corrected chi connectivity index (χ1v) is 6.37. The molecule has 1 N–H and O–H groups in total. The van der Waals surface area contributed by atoms with E-state index >= 15 is 0 Å². The van der Waals surface area contributed by atoms with E-state index in [-0.39, 0.29) is 17.1 Å². The molecule has 0 radical (unpaired) electrons. The first-order valence-electron chi connectivity index (χ1n) is 5.58. The monoisotopic (exact) mass is 328 g/mol. The highest BCUT2D eigenvalue weighted by atomic mass is 79.9. The molecule has 0 amide bonds. The Morgan fingerprint density at radius 3 is 2.53 bits per heavy atom. The van der Waals surface area contributed by atoms with Gasteiger partial charge in [0.05, 0.1) is 6.10 Å². The summed E-state index contributed by atoms with van der Waals surface area (Å²) in [6.45, 7) is 1.49. The molecule has 0 bridgehead atoms. The van der Waals surface area contributed by atoms with Crippen molar-refractivity contribution in [1.29, 1.82) is 0 Å². The fraction of sp³-hybridized carbons (Fsp3) is 0.143. The van der Waals surface area contributed by atoms with Crippen LogP contribution in [0.2, 0.25) is 0 Å². The summed E-state index contributed by atoms with van der Waals surface area (Å²) in [5.74, 6) is -1.54. The van der Waals surface area contributed by atoms with E-state index in [0.29, 0.717) is 4.47 Å². The van der Waals surface area contributed by atoms with Gasteiger partial charge < -0.3 is 9.84 Å². The van der Waals surface area contributed by atoms with Crippen molar-refractivity contribution in [3.63, 3.8) is 0 Å². The molecule has 1 atom stereocenters. The quantitative estimate of drug-likeness (QED) is 0.894. The summed E-state index contributed by atoms with van der Waals surface area (Å²) >= 11 is 3.12. The highest BCUT2D eigenvalue weighted by Crippen LogP contribution is 2.34. The minimum atomic E-state index is -0.913. The van der Waals surface area contributed by atoms with Crippen LogP contribution < -0.4 is 4.74 Å². The normalized spacial score (nSPS) is 12.3. The first kappa shape index (κ1) is 14.0. The lowest BCUT2D eigenvalue weighted by Crippen LogP contribution is -1.99. The lowest BCUT2D eigenvalue weighted by molar-refractivity contribution is 0.194. The second kappa shape index (κ2) is 5.67. The molecule has 5 heteroatoms. The average molecular weight is 329 g/mol. The molecule has 2 rings (SSSR count). The summed E-state index contributed by atoms with van der Waals surface area (Å²) in [5, 5.41) is 9.57. The van der Waals surface area contributed by atoms with E-state index in [1.54, 1.807) is 6.07 Å². The molecule has 100 valence electrons. The molecular weight excluding hydrogens is 318 g/mol. The van der Waals surface area contributed by atoms with Crippen LogP contribution in [0.15, 0.2) is 40.9 Å². The molecule has 0 aliphatic heterocycles. The van der Waals surface area contributed by atoms with Crippen molar-refractivity contribution < 1.29 is 18.6 Å². The van der Waals surface area contributed by atoms with Crippen molar-refractivity contribution in [3.8, 4) is 11.5 Å². The van der Waals surface area contributed by atoms with Crippen LogP contribution in [0.25, 0.3) is 0 Å². The molecule has 0 fully saturated rings. The molecule has 1 unspecified atom stereocenters. The fourth-order valence-corrected chi connectivity index (χ4v) is 1.96. The fourth-order valence-electron chi connectivity index (χ4n) is 1.63. The molecule has 0 saturated heterocycles. The molecule has 0 aliphatic carbocycles. The zero-order valence-corrected chi connectivity index (χ0v) is 11.6. The van der Waals surface area contributed by atoms with E-state index in [9.17, 15) is 13.9 Å². The van der Waals surface area contributed by atoms with Crippen LogP contribution in [0.4, 0.5) is 8.78 Å². The van der Waals surface area contributed by atoms with Crippen molar-refractivity contribution >= 4 is 15.9 Å². The van der Waals surface area contributed by atoms with E-state index in [4.69, 9.17) is 4.74 Å². The Morgan fingerprint density at radius 1 is 1.16 bits per heavy atom. The van der Waals surface area contributed by atoms with Gasteiger partial charge in [0.25, 0.3) is 0 Å². The van der Waals surface area contributed by atoms with Gasteiger partial charge in [-0.2, -0.15) is 0 Å². The maximum Gasteiger partial charge on any atom is 0.168 e. The Balaban J connectivity index is 2.43. The van der Waals surface area contributed by atoms with E-state index < -0.39 is 17.7 Å². The molecule has 0 aromatic heterocycles. The van der Waals surface area contributed by atoms with Crippen molar-refractivity contribution in [1.82, 2.24) is 0 Å². The number of para-hydroxylation sites is 1. The Labute approximate surface area is 117 Å². The third-order valence-corrected chi connectivity index (χ3v) is 3.05. The van der Waals surface area contributed by atoms with Gasteiger partial charge in [0.2, 0.25) is 0 Å². The third-order valence-electron chi connectivity index (χ3n) is 2.55. The van der Waals surface area contributed by atoms with E-state index in [0.717, 1.165) is 0 Å². The average Bonchev–Trinajstić information content (AvgIpc) is 2.34. The minimum absolute atomic E-state index is 0.102. The van der Waals surface area contributed by atoms with E-state index in [1.807, 2.05) is 0 Å². The van der Waals surface area contributed by atoms with Gasteiger partial charge in [0.1, 0.15) is 0 Å². The molecule has 2 aromatic rings. The summed E-state index contributed by atoms with van der Waals surface area (Å²) in [5.41, 5.74) is 0.266. The standard InChI is InChI=1S/C14H11BrF2O2/c1-8(18)10-3-2-4-11(16)14(10)19-13-6-5-9(15)7-12(13)17/h2-8,18H,1H3. The molecular formula is C14H11BrF2O2. The van der Waals surface area contributed by atoms with Crippen LogP contribution >= 0.6 is 15.9 Å². The zero-order chi connectivity index (χ0) is 14.0. The number of benzene rings is 2. The SMILES string of the molecule is CC(O)c1cccc(F)c1Oc1ccc(Br)cc1F. The molecule has 2 nitrogen and oxygen atoms in total. The van der Waals surface area contributed by atoms with Gasteiger partial charge in [-0.3, -0.25) is 0 Å². The summed E-state index contributed by atoms with van der Waals surface area (Å²) in [4.78, 5) is 0. The number of hydrogen-bond donors (Lipinski definition) is 1. The van der Waals surface area contributed by atoms with Gasteiger partial charge in [0.15, 0.2) is 23.1 Å². The number of ether oxygens (including phenoxy) is 1. The molecule has 0 saturated carbocycles. The lowest BCUT2D eigenvalue weighted by atomic mass is 10.1. The Bertz CT molecular complexity index is 600. The second-order valence-corrected chi connectivity index (χ2v) is 4.93. The summed E-state index contributed by atoms with van der Waals surface area (Å²) in [6, 6.07) is 8.37. The molecule has 0 heterocycles. The zero-order valence-electron chi connectivity index (χ0n) is 10.0. The number of hydrogen-bond acceptors (Lipinski definition) is 2. The summed E-state index contributed by atoms with van der Waals surface area (Å²) < 4.78 is 33.2. The maximum atomic E-state index is 13.7. The maximum absolute atomic E-state index is 13.7. The van der Waals surface area contributed by atoms with Crippen molar-refractivity contribution in [2.75, 3.05) is 0 Å². The van der Waals surface area contributed by atoms with Gasteiger partial charge in [-0.05, 0) is 31.2 Å². The number of halogens is 3. The number of aliphatic hydroxyl groups excluding tert-OH is 1. The predicted molar refractivity (Wildman–Crippen MR) is 71.2 cm³/mol. The topological polar surface area (TPSA) is 29.5 Å². The lowest BCUT2D eigenvalue weighted by Gasteiger charge is -2.14. The van der Waals surface area contributed by atoms with Crippen LogP contribution in [-0.2, 0) is 0 Å². The van der Waals surface area contributed by atoms with Crippen LogP contribution in [0.3, 0.4) is 0 Å². The first-order chi connectivity index (χ1) is 8.99. The third kappa shape index (κ3) is 3.11. The molecule has 2 aromatic carbocycles. The largest absolute Gasteiger partial charge is 0.451 e. The van der Waals surface area contributed by atoms with Crippen LogP contribution in [-0.4, -0.2) is 5.11 Å². The Kier molecular flexibility index (Phi) is 4.17. The second-order valence-electron chi connectivity index (χ2n) is 4.01. The van der Waals surface area contributed by atoms with Crippen LogP contribution in [0, 0.1) is 11.6 Å². The van der Waals surface area contributed by atoms with Gasteiger partial charge in [0, 0.05) is 10.0 Å². The van der Waals surface area contributed by atoms with Crippen molar-refractivity contribution in [3.05, 3.63) is 58.1 Å². The Hall–Kier alpha value is -1.46. The van der Waals surface area contributed by atoms with Crippen molar-refractivity contribution in [2.45, 2.75) is 13.0 Å². The molecule has 0 spiro atoms. The van der Waals surface area contributed by atoms with Crippen molar-refractivity contribution in [2.24, 2.45) is 0 Å².